The van der Waals surface area contributed by atoms with E-state index in [1.165, 1.54) is 0 Å². The normalized spacial score (nSPS) is 9.90. The highest BCUT2D eigenvalue weighted by Gasteiger charge is 2.00. The molecule has 0 aliphatic heterocycles. The van der Waals surface area contributed by atoms with Crippen LogP contribution in [0.25, 0.3) is 0 Å². The van der Waals surface area contributed by atoms with Gasteiger partial charge in [-0.3, -0.25) is 0 Å². The van der Waals surface area contributed by atoms with E-state index in [1.807, 2.05) is 12.1 Å². The highest BCUT2D eigenvalue weighted by molar-refractivity contribution is 9.13. The summed E-state index contributed by atoms with van der Waals surface area (Å²) in [5.74, 6) is 0. The maximum atomic E-state index is 5.61. The highest BCUT2D eigenvalue weighted by atomic mass is 79.9. The number of hydrogen-bond acceptors (Lipinski definition) is 1. The Bertz CT molecular complexity index is 236. The summed E-state index contributed by atoms with van der Waals surface area (Å²) in [6.45, 7) is 0. The Morgan fingerprint density at radius 3 is 2.20 bits per heavy atom. The van der Waals surface area contributed by atoms with E-state index in [4.69, 9.17) is 5.73 Å². The standard InChI is InChI=1S/C6H4Br3N/c7-3-1-4(8)6(9)5(10)2-3/h1-2H,10H2. The number of nitrogen functional groups attached to an aromatic ring is 1. The van der Waals surface area contributed by atoms with Gasteiger partial charge in [-0.15, -0.1) is 0 Å². The second-order valence-electron chi connectivity index (χ2n) is 1.79. The first-order chi connectivity index (χ1) is 4.61. The molecule has 0 bridgehead atoms. The summed E-state index contributed by atoms with van der Waals surface area (Å²) in [4.78, 5) is 0. The molecule has 0 heterocycles. The first-order valence-electron chi connectivity index (χ1n) is 2.51. The molecule has 1 aromatic carbocycles. The second-order valence-corrected chi connectivity index (χ2v) is 4.35. The van der Waals surface area contributed by atoms with Crippen LogP contribution < -0.4 is 5.73 Å². The molecule has 0 spiro atoms. The lowest BCUT2D eigenvalue weighted by Gasteiger charge is -2.00. The van der Waals surface area contributed by atoms with E-state index >= 15 is 0 Å². The smallest absolute Gasteiger partial charge is 0.0547 e. The van der Waals surface area contributed by atoms with Gasteiger partial charge in [-0.1, -0.05) is 15.9 Å². The summed E-state index contributed by atoms with van der Waals surface area (Å²) in [6.07, 6.45) is 0. The van der Waals surface area contributed by atoms with Crippen LogP contribution in [0.1, 0.15) is 0 Å². The number of benzene rings is 1. The lowest BCUT2D eigenvalue weighted by molar-refractivity contribution is 1.54. The molecule has 1 nitrogen and oxygen atoms in total. The van der Waals surface area contributed by atoms with Gasteiger partial charge in [0, 0.05) is 14.6 Å². The van der Waals surface area contributed by atoms with Crippen LogP contribution in [0.3, 0.4) is 0 Å². The third kappa shape index (κ3) is 1.74. The summed E-state index contributed by atoms with van der Waals surface area (Å²) in [5, 5.41) is 0. The zero-order valence-electron chi connectivity index (χ0n) is 4.87. The van der Waals surface area contributed by atoms with E-state index in [1.54, 1.807) is 0 Å². The van der Waals surface area contributed by atoms with Crippen molar-refractivity contribution < 1.29 is 0 Å². The molecule has 0 atom stereocenters. The Kier molecular flexibility index (Phi) is 2.77. The van der Waals surface area contributed by atoms with Crippen molar-refractivity contribution in [3.63, 3.8) is 0 Å². The molecule has 0 amide bonds. The minimum atomic E-state index is 0.723. The van der Waals surface area contributed by atoms with Crippen molar-refractivity contribution in [1.82, 2.24) is 0 Å². The third-order valence-electron chi connectivity index (χ3n) is 1.02. The molecule has 0 aliphatic carbocycles. The van der Waals surface area contributed by atoms with Crippen LogP contribution in [0.2, 0.25) is 0 Å². The first kappa shape index (κ1) is 8.56. The van der Waals surface area contributed by atoms with Gasteiger partial charge in [0.25, 0.3) is 0 Å². The highest BCUT2D eigenvalue weighted by Crippen LogP contribution is 2.31. The van der Waals surface area contributed by atoms with Crippen LogP contribution in [0, 0.1) is 0 Å². The summed E-state index contributed by atoms with van der Waals surface area (Å²) < 4.78 is 2.83. The zero-order valence-corrected chi connectivity index (χ0v) is 9.62. The summed E-state index contributed by atoms with van der Waals surface area (Å²) in [5.41, 5.74) is 6.34. The SMILES string of the molecule is Nc1cc(Br)cc(Br)c1Br. The Morgan fingerprint density at radius 1 is 1.10 bits per heavy atom. The Morgan fingerprint density at radius 2 is 1.70 bits per heavy atom. The number of halogens is 3. The van der Waals surface area contributed by atoms with E-state index in [2.05, 4.69) is 47.8 Å². The third-order valence-corrected chi connectivity index (χ3v) is 3.52. The second kappa shape index (κ2) is 3.24. The van der Waals surface area contributed by atoms with Crippen molar-refractivity contribution in [3.05, 3.63) is 25.6 Å². The first-order valence-corrected chi connectivity index (χ1v) is 4.89. The quantitative estimate of drug-likeness (QED) is 0.571. The Hall–Kier alpha value is 0.460. The molecule has 0 radical (unpaired) electrons. The fourth-order valence-corrected chi connectivity index (χ4v) is 2.06. The van der Waals surface area contributed by atoms with Gasteiger partial charge in [-0.2, -0.15) is 0 Å². The van der Waals surface area contributed by atoms with Crippen molar-refractivity contribution in [2.75, 3.05) is 5.73 Å². The largest absolute Gasteiger partial charge is 0.398 e. The van der Waals surface area contributed by atoms with E-state index in [9.17, 15) is 0 Å². The summed E-state index contributed by atoms with van der Waals surface area (Å²) in [7, 11) is 0. The maximum absolute atomic E-state index is 5.61. The lowest BCUT2D eigenvalue weighted by Crippen LogP contribution is -1.86. The van der Waals surface area contributed by atoms with Gasteiger partial charge in [0.2, 0.25) is 0 Å². The van der Waals surface area contributed by atoms with Crippen LogP contribution in [0.5, 0.6) is 0 Å². The van der Waals surface area contributed by atoms with Crippen LogP contribution in [0.15, 0.2) is 25.6 Å². The van der Waals surface area contributed by atoms with Gasteiger partial charge in [-0.25, -0.2) is 0 Å². The van der Waals surface area contributed by atoms with Gasteiger partial charge >= 0.3 is 0 Å². The molecule has 0 aromatic heterocycles. The fraction of sp³-hybridized carbons (Fsp3) is 0. The molecule has 0 saturated heterocycles. The van der Waals surface area contributed by atoms with Crippen LogP contribution in [-0.4, -0.2) is 0 Å². The molecule has 0 saturated carbocycles. The van der Waals surface area contributed by atoms with Crippen molar-refractivity contribution in [3.8, 4) is 0 Å². The molecule has 10 heavy (non-hydrogen) atoms. The molecule has 54 valence electrons. The summed E-state index contributed by atoms with van der Waals surface area (Å²) in [6, 6.07) is 3.77. The van der Waals surface area contributed by atoms with Crippen molar-refractivity contribution in [1.29, 1.82) is 0 Å². The minimum absolute atomic E-state index is 0.723. The van der Waals surface area contributed by atoms with E-state index in [-0.39, 0.29) is 0 Å². The average Bonchev–Trinajstić information content (AvgIpc) is 1.82. The number of rotatable bonds is 0. The molecule has 0 aliphatic rings. The zero-order chi connectivity index (χ0) is 7.72. The van der Waals surface area contributed by atoms with Crippen molar-refractivity contribution in [2.45, 2.75) is 0 Å². The fourth-order valence-electron chi connectivity index (χ4n) is 0.576. The Labute approximate surface area is 84.4 Å². The predicted octanol–water partition coefficient (Wildman–Crippen LogP) is 3.56. The van der Waals surface area contributed by atoms with Crippen molar-refractivity contribution >= 4 is 53.5 Å². The Balaban J connectivity index is 3.31. The van der Waals surface area contributed by atoms with E-state index in [0.29, 0.717) is 0 Å². The predicted molar refractivity (Wildman–Crippen MR) is 54.0 cm³/mol. The molecule has 1 rings (SSSR count). The molecule has 1 aromatic rings. The number of anilines is 1. The van der Waals surface area contributed by atoms with Crippen LogP contribution in [-0.2, 0) is 0 Å². The van der Waals surface area contributed by atoms with Gasteiger partial charge in [-0.05, 0) is 44.0 Å². The molecular weight excluding hydrogens is 326 g/mol. The molecular formula is C6H4Br3N. The van der Waals surface area contributed by atoms with Gasteiger partial charge in [0.05, 0.1) is 4.47 Å². The van der Waals surface area contributed by atoms with E-state index in [0.717, 1.165) is 19.1 Å². The lowest BCUT2D eigenvalue weighted by atomic mass is 10.3. The average molecular weight is 330 g/mol. The van der Waals surface area contributed by atoms with Gasteiger partial charge in [0.15, 0.2) is 0 Å². The number of hydrogen-bond donors (Lipinski definition) is 1. The molecule has 0 unspecified atom stereocenters. The van der Waals surface area contributed by atoms with Gasteiger partial charge in [0.1, 0.15) is 0 Å². The number of nitrogens with two attached hydrogens (primary N) is 1. The summed E-state index contributed by atoms with van der Waals surface area (Å²) >= 11 is 9.98. The maximum Gasteiger partial charge on any atom is 0.0547 e. The van der Waals surface area contributed by atoms with Crippen LogP contribution >= 0.6 is 47.8 Å². The van der Waals surface area contributed by atoms with Crippen LogP contribution in [0.4, 0.5) is 5.69 Å². The molecule has 4 heteroatoms. The van der Waals surface area contributed by atoms with E-state index < -0.39 is 0 Å². The van der Waals surface area contributed by atoms with Crippen molar-refractivity contribution in [2.24, 2.45) is 0 Å². The van der Waals surface area contributed by atoms with Gasteiger partial charge < -0.3 is 5.73 Å². The molecule has 2 N–H and O–H groups in total. The monoisotopic (exact) mass is 327 g/mol. The minimum Gasteiger partial charge on any atom is -0.398 e. The molecule has 0 fully saturated rings. The topological polar surface area (TPSA) is 26.0 Å².